The zero-order valence-electron chi connectivity index (χ0n) is 28.6. The highest BCUT2D eigenvalue weighted by molar-refractivity contribution is 5.90. The molecule has 2 saturated heterocycles. The van der Waals surface area contributed by atoms with Gasteiger partial charge in [-0.1, -0.05) is 13.8 Å². The number of fused-ring (bicyclic) bond motifs is 2. The molecule has 4 heterocycles. The number of aliphatic hydroxyl groups is 9. The van der Waals surface area contributed by atoms with Crippen molar-refractivity contribution in [1.29, 1.82) is 0 Å². The van der Waals surface area contributed by atoms with Crippen LogP contribution in [0.1, 0.15) is 26.7 Å². The van der Waals surface area contributed by atoms with Crippen molar-refractivity contribution in [1.82, 2.24) is 0 Å². The first-order valence-corrected chi connectivity index (χ1v) is 17.3. The number of hydrogen-bond donors (Lipinski definition) is 9. The number of rotatable bonds is 9. The first kappa shape index (κ1) is 39.2. The minimum atomic E-state index is -1.72. The molecular weight excluding hydrogens is 700 g/mol. The molecule has 294 valence electrons. The molecule has 20 atom stereocenters. The molecule has 2 saturated carbocycles. The standard InChI is InChI=1S/C33H48O19/c1-10-16(36)4-12-15(9-47-30(20(10)12)51-32-26(41)24(39)22(37)18(6-34)49-32)29(44)48-17-5-13-14(28(43)45-3)8-46-31(21(13)11(17)2)52-33-27(42)25(40)23(38)19(7-35)50-33/h8-13,16-27,30-42H,4-7H2,1-3H3/t10-,11+,12-,13+,16+,17-,18+,19-,20-,21+,22+,23+,24+,25-,26+,27+,30-,31+,32-,33-/m1/s1. The molecule has 19 nitrogen and oxygen atoms in total. The minimum Gasteiger partial charge on any atom is -0.472 e. The fraction of sp³-hybridized carbons (Fsp3) is 0.818. The van der Waals surface area contributed by atoms with Gasteiger partial charge in [0.05, 0.1) is 50.1 Å². The third-order valence-electron chi connectivity index (χ3n) is 11.6. The highest BCUT2D eigenvalue weighted by Crippen LogP contribution is 2.51. The smallest absolute Gasteiger partial charge is 0.337 e. The summed E-state index contributed by atoms with van der Waals surface area (Å²) in [5.41, 5.74) is 0.242. The number of methoxy groups -OCH3 is 1. The fourth-order valence-electron chi connectivity index (χ4n) is 8.42. The second-order valence-electron chi connectivity index (χ2n) is 14.4. The van der Waals surface area contributed by atoms with Gasteiger partial charge in [-0.25, -0.2) is 9.59 Å². The van der Waals surface area contributed by atoms with Crippen molar-refractivity contribution in [2.24, 2.45) is 35.5 Å². The summed E-state index contributed by atoms with van der Waals surface area (Å²) < 4.78 is 45.4. The molecule has 6 aliphatic rings. The lowest BCUT2D eigenvalue weighted by Crippen LogP contribution is -2.60. The van der Waals surface area contributed by atoms with Crippen LogP contribution in [-0.4, -0.2) is 164 Å². The summed E-state index contributed by atoms with van der Waals surface area (Å²) in [7, 11) is 1.20. The zero-order valence-corrected chi connectivity index (χ0v) is 28.6. The molecular formula is C33H48O19. The van der Waals surface area contributed by atoms with E-state index in [0.717, 1.165) is 12.5 Å². The van der Waals surface area contributed by atoms with Crippen LogP contribution >= 0.6 is 0 Å². The molecule has 0 unspecified atom stereocenters. The summed E-state index contributed by atoms with van der Waals surface area (Å²) in [4.78, 5) is 26.6. The van der Waals surface area contributed by atoms with Crippen LogP contribution in [0.3, 0.4) is 0 Å². The van der Waals surface area contributed by atoms with E-state index in [4.69, 9.17) is 37.9 Å². The zero-order chi connectivity index (χ0) is 37.8. The van der Waals surface area contributed by atoms with Crippen LogP contribution in [0.4, 0.5) is 0 Å². The molecule has 2 aliphatic carbocycles. The average Bonchev–Trinajstić information content (AvgIpc) is 3.62. The monoisotopic (exact) mass is 748 g/mol. The lowest BCUT2D eigenvalue weighted by molar-refractivity contribution is -0.343. The summed E-state index contributed by atoms with van der Waals surface area (Å²) in [6, 6.07) is 0. The highest BCUT2D eigenvalue weighted by Gasteiger charge is 2.57. The predicted octanol–water partition coefficient (Wildman–Crippen LogP) is -3.91. The van der Waals surface area contributed by atoms with Crippen molar-refractivity contribution in [3.05, 3.63) is 23.7 Å². The lowest BCUT2D eigenvalue weighted by Gasteiger charge is -2.43. The van der Waals surface area contributed by atoms with Gasteiger partial charge in [-0.2, -0.15) is 0 Å². The van der Waals surface area contributed by atoms with Crippen LogP contribution in [0.5, 0.6) is 0 Å². The van der Waals surface area contributed by atoms with E-state index in [1.807, 2.05) is 0 Å². The molecule has 4 fully saturated rings. The van der Waals surface area contributed by atoms with Gasteiger partial charge in [0.15, 0.2) is 12.6 Å². The number of carbonyl (C=O) groups excluding carboxylic acids is 2. The van der Waals surface area contributed by atoms with Gasteiger partial charge < -0.3 is 83.9 Å². The van der Waals surface area contributed by atoms with Gasteiger partial charge in [0.25, 0.3) is 0 Å². The Hall–Kier alpha value is -2.50. The van der Waals surface area contributed by atoms with Crippen LogP contribution in [0.2, 0.25) is 0 Å². The second kappa shape index (κ2) is 15.7. The van der Waals surface area contributed by atoms with Crippen LogP contribution in [0, 0.1) is 35.5 Å². The molecule has 19 heteroatoms. The normalized spacial score (nSPS) is 48.7. The molecule has 4 aliphatic heterocycles. The molecule has 0 aromatic rings. The quantitative estimate of drug-likeness (QED) is 0.102. The van der Waals surface area contributed by atoms with E-state index in [1.165, 1.54) is 7.11 Å². The predicted molar refractivity (Wildman–Crippen MR) is 165 cm³/mol. The fourth-order valence-corrected chi connectivity index (χ4v) is 8.42. The summed E-state index contributed by atoms with van der Waals surface area (Å²) in [6.45, 7) is 2.13. The lowest BCUT2D eigenvalue weighted by atomic mass is 9.83. The molecule has 0 aromatic carbocycles. The van der Waals surface area contributed by atoms with Crippen LogP contribution in [0.15, 0.2) is 23.7 Å². The Kier molecular flexibility index (Phi) is 11.8. The van der Waals surface area contributed by atoms with Gasteiger partial charge in [0.2, 0.25) is 12.6 Å². The Balaban J connectivity index is 1.18. The average molecular weight is 749 g/mol. The number of carbonyl (C=O) groups is 2. The van der Waals surface area contributed by atoms with Crippen molar-refractivity contribution >= 4 is 11.9 Å². The first-order valence-electron chi connectivity index (χ1n) is 17.3. The van der Waals surface area contributed by atoms with Crippen molar-refractivity contribution in [2.75, 3.05) is 20.3 Å². The van der Waals surface area contributed by atoms with Crippen molar-refractivity contribution < 1.29 is 93.4 Å². The topological polar surface area (TPSA) is 290 Å². The largest absolute Gasteiger partial charge is 0.472 e. The molecule has 52 heavy (non-hydrogen) atoms. The maximum Gasteiger partial charge on any atom is 0.337 e. The molecule has 0 spiro atoms. The van der Waals surface area contributed by atoms with E-state index in [-0.39, 0.29) is 24.0 Å². The van der Waals surface area contributed by atoms with Gasteiger partial charge in [0.1, 0.15) is 54.9 Å². The van der Waals surface area contributed by atoms with E-state index in [2.05, 4.69) is 0 Å². The van der Waals surface area contributed by atoms with Crippen molar-refractivity contribution in [3.63, 3.8) is 0 Å². The van der Waals surface area contributed by atoms with Gasteiger partial charge in [-0.15, -0.1) is 0 Å². The minimum absolute atomic E-state index is 0.0956. The van der Waals surface area contributed by atoms with Crippen LogP contribution in [0.25, 0.3) is 0 Å². The summed E-state index contributed by atoms with van der Waals surface area (Å²) >= 11 is 0. The van der Waals surface area contributed by atoms with Gasteiger partial charge >= 0.3 is 11.9 Å². The molecule has 9 N–H and O–H groups in total. The molecule has 6 rings (SSSR count). The number of ether oxygens (including phenoxy) is 8. The summed E-state index contributed by atoms with van der Waals surface area (Å²) in [5.74, 6) is -5.09. The maximum absolute atomic E-state index is 13.9. The Morgan fingerprint density at radius 1 is 0.654 bits per heavy atom. The summed E-state index contributed by atoms with van der Waals surface area (Å²) in [5, 5.41) is 91.9. The van der Waals surface area contributed by atoms with Crippen molar-refractivity contribution in [3.8, 4) is 0 Å². The van der Waals surface area contributed by atoms with E-state index in [1.54, 1.807) is 13.8 Å². The summed E-state index contributed by atoms with van der Waals surface area (Å²) in [6.07, 6.45) is -17.1. The molecule has 0 aromatic heterocycles. The van der Waals surface area contributed by atoms with Crippen LogP contribution in [-0.2, 0) is 47.5 Å². The highest BCUT2D eigenvalue weighted by atomic mass is 16.8. The number of aliphatic hydroxyl groups excluding tert-OH is 9. The molecule has 0 bridgehead atoms. The van der Waals surface area contributed by atoms with Gasteiger partial charge in [0, 0.05) is 29.6 Å². The van der Waals surface area contributed by atoms with E-state index < -0.39 is 147 Å². The van der Waals surface area contributed by atoms with Gasteiger partial charge in [-0.05, 0) is 18.8 Å². The van der Waals surface area contributed by atoms with E-state index in [0.29, 0.717) is 0 Å². The molecule has 0 amide bonds. The van der Waals surface area contributed by atoms with Crippen molar-refractivity contribution in [2.45, 2.75) is 113 Å². The third kappa shape index (κ3) is 6.96. The Bertz CT molecular complexity index is 1350. The Morgan fingerprint density at radius 2 is 1.12 bits per heavy atom. The Labute approximate surface area is 297 Å². The Morgan fingerprint density at radius 3 is 1.60 bits per heavy atom. The van der Waals surface area contributed by atoms with Crippen LogP contribution < -0.4 is 0 Å². The number of esters is 2. The van der Waals surface area contributed by atoms with E-state index in [9.17, 15) is 55.5 Å². The maximum atomic E-state index is 13.9. The molecule has 0 radical (unpaired) electrons. The first-order chi connectivity index (χ1) is 24.7. The van der Waals surface area contributed by atoms with E-state index >= 15 is 0 Å². The third-order valence-corrected chi connectivity index (χ3v) is 11.6. The number of hydrogen-bond acceptors (Lipinski definition) is 19. The SMILES string of the molecule is COC(=O)C1=CO[C@@H](O[C@H]2O[C@H](CO)[C@H](O)[C@@H](O)[C@@H]2O)[C@H]2[C@@H](C)[C@H](OC(=O)C3=CO[C@H](O[C@H]4O[C@@H](CO)[C@H](O)[C@H](O)[C@@H]4O)[C@@H]4[C@H](C)[C@@H](O)C[C@H]34)C[C@@H]12. The second-order valence-corrected chi connectivity index (χ2v) is 14.4. The van der Waals surface area contributed by atoms with Gasteiger partial charge in [-0.3, -0.25) is 0 Å².